The summed E-state index contributed by atoms with van der Waals surface area (Å²) < 4.78 is 10.7. The summed E-state index contributed by atoms with van der Waals surface area (Å²) in [4.78, 5) is 23.9. The predicted molar refractivity (Wildman–Crippen MR) is 115 cm³/mol. The Morgan fingerprint density at radius 2 is 1.17 bits per heavy atom. The molecule has 8 heteroatoms. The summed E-state index contributed by atoms with van der Waals surface area (Å²) in [5, 5.41) is 8.93. The Labute approximate surface area is 180 Å². The Morgan fingerprint density at radius 3 is 1.40 bits per heavy atom. The van der Waals surface area contributed by atoms with Crippen LogP contribution in [-0.2, 0) is 19.1 Å². The van der Waals surface area contributed by atoms with Crippen LogP contribution < -0.4 is 17.2 Å². The topological polar surface area (TPSA) is 154 Å². The van der Waals surface area contributed by atoms with E-state index in [-0.39, 0.29) is 11.9 Å². The second-order valence-corrected chi connectivity index (χ2v) is 11.1. The molecule has 0 heterocycles. The number of esters is 2. The zero-order valence-corrected chi connectivity index (χ0v) is 19.8. The lowest BCUT2D eigenvalue weighted by Crippen LogP contribution is -2.56. The number of nitrogens with zero attached hydrogens (tertiary/aromatic N) is 1. The van der Waals surface area contributed by atoms with Crippen molar-refractivity contribution in [1.29, 1.82) is 5.26 Å². The highest BCUT2D eigenvalue weighted by atomic mass is 16.6. The normalized spacial score (nSPS) is 22.7. The zero-order chi connectivity index (χ0) is 23.8. The van der Waals surface area contributed by atoms with E-state index in [1.54, 1.807) is 27.7 Å². The Hall–Kier alpha value is -1.69. The van der Waals surface area contributed by atoms with Crippen molar-refractivity contribution < 1.29 is 19.1 Å². The molecule has 2 atom stereocenters. The van der Waals surface area contributed by atoms with Crippen molar-refractivity contribution >= 4 is 11.9 Å². The SMILES string of the molecule is CC(C)(C)OC(=O)C1(C(C)(N)C#N)CC1.CC(C)(C)OC(=O)C1(C(C)(N)CN)CC1. The van der Waals surface area contributed by atoms with E-state index in [2.05, 4.69) is 0 Å². The van der Waals surface area contributed by atoms with E-state index in [1.165, 1.54) is 0 Å². The van der Waals surface area contributed by atoms with Crippen molar-refractivity contribution in [3.63, 3.8) is 0 Å². The summed E-state index contributed by atoms with van der Waals surface area (Å²) in [5.41, 5.74) is 13.4. The van der Waals surface area contributed by atoms with Crippen LogP contribution in [-0.4, -0.2) is 40.8 Å². The van der Waals surface area contributed by atoms with Crippen molar-refractivity contribution in [3.8, 4) is 6.07 Å². The Kier molecular flexibility index (Phi) is 7.11. The highest BCUT2D eigenvalue weighted by Crippen LogP contribution is 2.55. The molecule has 2 rings (SSSR count). The lowest BCUT2D eigenvalue weighted by atomic mass is 9.83. The third kappa shape index (κ3) is 5.71. The van der Waals surface area contributed by atoms with Gasteiger partial charge in [-0.2, -0.15) is 5.26 Å². The minimum atomic E-state index is -1.13. The number of hydrogen-bond donors (Lipinski definition) is 3. The van der Waals surface area contributed by atoms with Crippen LogP contribution in [0.25, 0.3) is 0 Å². The smallest absolute Gasteiger partial charge is 0.315 e. The maximum absolute atomic E-state index is 12.0. The van der Waals surface area contributed by atoms with E-state index in [1.807, 2.05) is 33.8 Å². The van der Waals surface area contributed by atoms with Gasteiger partial charge in [0.1, 0.15) is 16.7 Å². The molecular formula is C22H40N4O4. The van der Waals surface area contributed by atoms with Crippen molar-refractivity contribution in [1.82, 2.24) is 0 Å². The largest absolute Gasteiger partial charge is 0.459 e. The van der Waals surface area contributed by atoms with Gasteiger partial charge in [-0.25, -0.2) is 0 Å². The monoisotopic (exact) mass is 424 g/mol. The number of hydrogen-bond acceptors (Lipinski definition) is 8. The third-order valence-corrected chi connectivity index (χ3v) is 5.82. The highest BCUT2D eigenvalue weighted by molar-refractivity contribution is 5.83. The quantitative estimate of drug-likeness (QED) is 0.567. The molecule has 0 aromatic rings. The van der Waals surface area contributed by atoms with E-state index in [0.29, 0.717) is 19.4 Å². The molecule has 0 radical (unpaired) electrons. The van der Waals surface area contributed by atoms with Crippen molar-refractivity contribution in [2.45, 2.75) is 103 Å². The van der Waals surface area contributed by atoms with Gasteiger partial charge in [-0.1, -0.05) is 0 Å². The van der Waals surface area contributed by atoms with Gasteiger partial charge in [0.25, 0.3) is 0 Å². The van der Waals surface area contributed by atoms with Gasteiger partial charge in [0, 0.05) is 12.1 Å². The molecule has 8 nitrogen and oxygen atoms in total. The highest BCUT2D eigenvalue weighted by Gasteiger charge is 2.63. The van der Waals surface area contributed by atoms with Gasteiger partial charge in [0.05, 0.1) is 16.9 Å². The molecular weight excluding hydrogens is 384 g/mol. The molecule has 0 aromatic heterocycles. The van der Waals surface area contributed by atoms with Crippen molar-refractivity contribution in [2.24, 2.45) is 28.0 Å². The van der Waals surface area contributed by atoms with Gasteiger partial charge >= 0.3 is 11.9 Å². The average molecular weight is 425 g/mol. The van der Waals surface area contributed by atoms with Crippen LogP contribution in [0.15, 0.2) is 0 Å². The number of nitriles is 1. The fourth-order valence-electron chi connectivity index (χ4n) is 3.25. The summed E-state index contributed by atoms with van der Waals surface area (Å²) in [6.45, 7) is 14.7. The van der Waals surface area contributed by atoms with Crippen molar-refractivity contribution in [2.75, 3.05) is 6.54 Å². The average Bonchev–Trinajstić information content (AvgIpc) is 3.45. The molecule has 0 saturated heterocycles. The minimum absolute atomic E-state index is 0.203. The second kappa shape index (κ2) is 8.10. The lowest BCUT2D eigenvalue weighted by Gasteiger charge is -2.33. The molecule has 2 fully saturated rings. The Bertz CT molecular complexity index is 700. The van der Waals surface area contributed by atoms with Gasteiger partial charge in [-0.05, 0) is 81.1 Å². The van der Waals surface area contributed by atoms with Gasteiger partial charge in [-0.15, -0.1) is 0 Å². The molecule has 0 spiro atoms. The van der Waals surface area contributed by atoms with Crippen LogP contribution >= 0.6 is 0 Å². The first-order valence-electron chi connectivity index (χ1n) is 10.5. The summed E-state index contributed by atoms with van der Waals surface area (Å²) in [5.74, 6) is -0.549. The Balaban J connectivity index is 0.000000300. The summed E-state index contributed by atoms with van der Waals surface area (Å²) in [6.07, 6.45) is 2.85. The molecule has 6 N–H and O–H groups in total. The van der Waals surface area contributed by atoms with E-state index in [4.69, 9.17) is 31.9 Å². The summed E-state index contributed by atoms with van der Waals surface area (Å²) in [6, 6.07) is 1.99. The number of nitrogens with two attached hydrogens (primary N) is 3. The van der Waals surface area contributed by atoms with Gasteiger partial charge < -0.3 is 26.7 Å². The molecule has 0 aliphatic heterocycles. The standard InChI is InChI=1S/C11H22N2O2.C11H18N2O2/c2*1-9(2,3)15-8(14)11(5-6-11)10(4,13)7-12/h5-7,12-13H2,1-4H3;5-6,13H2,1-4H3. The van der Waals surface area contributed by atoms with Crippen LogP contribution in [0.2, 0.25) is 0 Å². The fraction of sp³-hybridized carbons (Fsp3) is 0.864. The third-order valence-electron chi connectivity index (χ3n) is 5.82. The molecule has 2 saturated carbocycles. The van der Waals surface area contributed by atoms with Crippen LogP contribution in [0.3, 0.4) is 0 Å². The summed E-state index contributed by atoms with van der Waals surface area (Å²) >= 11 is 0. The van der Waals surface area contributed by atoms with Crippen molar-refractivity contribution in [3.05, 3.63) is 0 Å². The van der Waals surface area contributed by atoms with Crippen LogP contribution in [0, 0.1) is 22.2 Å². The maximum Gasteiger partial charge on any atom is 0.315 e. The Morgan fingerprint density at radius 1 is 0.833 bits per heavy atom. The molecule has 172 valence electrons. The molecule has 0 aromatic carbocycles. The molecule has 2 unspecified atom stereocenters. The first kappa shape index (κ1) is 26.3. The van der Waals surface area contributed by atoms with Crippen LogP contribution in [0.4, 0.5) is 0 Å². The van der Waals surface area contributed by atoms with Gasteiger partial charge in [-0.3, -0.25) is 9.59 Å². The first-order chi connectivity index (χ1) is 13.3. The fourth-order valence-corrected chi connectivity index (χ4v) is 3.25. The van der Waals surface area contributed by atoms with Gasteiger partial charge in [0.2, 0.25) is 0 Å². The molecule has 2 aliphatic carbocycles. The van der Waals surface area contributed by atoms with E-state index >= 15 is 0 Å². The molecule has 0 amide bonds. The molecule has 30 heavy (non-hydrogen) atoms. The number of carbonyl (C=O) groups excluding carboxylic acids is 2. The first-order valence-corrected chi connectivity index (χ1v) is 10.5. The summed E-state index contributed by atoms with van der Waals surface area (Å²) in [7, 11) is 0. The number of carbonyl (C=O) groups is 2. The van der Waals surface area contributed by atoms with E-state index in [0.717, 1.165) is 12.8 Å². The zero-order valence-electron chi connectivity index (χ0n) is 19.8. The maximum atomic E-state index is 12.0. The van der Waals surface area contributed by atoms with E-state index in [9.17, 15) is 9.59 Å². The van der Waals surface area contributed by atoms with Crippen LogP contribution in [0.1, 0.15) is 81.1 Å². The second-order valence-electron chi connectivity index (χ2n) is 11.1. The number of rotatable bonds is 5. The minimum Gasteiger partial charge on any atom is -0.459 e. The molecule has 0 bridgehead atoms. The van der Waals surface area contributed by atoms with E-state index < -0.39 is 33.1 Å². The lowest BCUT2D eigenvalue weighted by molar-refractivity contribution is -0.165. The molecule has 2 aliphatic rings. The number of ether oxygens (including phenoxy) is 2. The van der Waals surface area contributed by atoms with Crippen LogP contribution in [0.5, 0.6) is 0 Å². The predicted octanol–water partition coefficient (Wildman–Crippen LogP) is 2.13. The van der Waals surface area contributed by atoms with Gasteiger partial charge in [0.15, 0.2) is 0 Å².